The van der Waals surface area contributed by atoms with Crippen LogP contribution in [0.2, 0.25) is 0 Å². The van der Waals surface area contributed by atoms with Gasteiger partial charge in [-0.05, 0) is 52.3 Å². The first-order chi connectivity index (χ1) is 6.97. The van der Waals surface area contributed by atoms with Gasteiger partial charge in [0.05, 0.1) is 11.9 Å². The van der Waals surface area contributed by atoms with Crippen LogP contribution < -0.4 is 5.73 Å². The highest BCUT2D eigenvalue weighted by molar-refractivity contribution is 5.28. The quantitative estimate of drug-likeness (QED) is 0.538. The van der Waals surface area contributed by atoms with Crippen LogP contribution in [0, 0.1) is 0 Å². The lowest BCUT2D eigenvalue weighted by atomic mass is 10.1. The second-order valence-electron chi connectivity index (χ2n) is 3.91. The van der Waals surface area contributed by atoms with Crippen LogP contribution in [0.15, 0.2) is 35.6 Å². The van der Waals surface area contributed by atoms with Gasteiger partial charge in [-0.15, -0.1) is 0 Å². The lowest BCUT2D eigenvalue weighted by Crippen LogP contribution is -2.13. The molecule has 0 saturated carbocycles. The molecule has 0 rings (SSSR count). The molecule has 86 valence electrons. The Bertz CT molecular complexity index is 264. The maximum absolute atomic E-state index is 5.63. The lowest BCUT2D eigenvalue weighted by molar-refractivity contribution is 0.127. The number of rotatable bonds is 6. The van der Waals surface area contributed by atoms with Crippen molar-refractivity contribution in [2.45, 2.75) is 40.2 Å². The van der Waals surface area contributed by atoms with E-state index in [2.05, 4.69) is 6.58 Å². The summed E-state index contributed by atoms with van der Waals surface area (Å²) in [5.74, 6) is 0.913. The Morgan fingerprint density at radius 1 is 1.33 bits per heavy atom. The first kappa shape index (κ1) is 14.0. The van der Waals surface area contributed by atoms with Crippen molar-refractivity contribution < 1.29 is 4.74 Å². The Morgan fingerprint density at radius 2 is 1.93 bits per heavy atom. The molecule has 1 atom stereocenters. The Hall–Kier alpha value is -1.02. The summed E-state index contributed by atoms with van der Waals surface area (Å²) in [7, 11) is 0. The fourth-order valence-electron chi connectivity index (χ4n) is 1.03. The molecule has 0 aliphatic heterocycles. The van der Waals surface area contributed by atoms with Gasteiger partial charge in [0, 0.05) is 0 Å². The van der Waals surface area contributed by atoms with Crippen molar-refractivity contribution in [2.75, 3.05) is 6.54 Å². The van der Waals surface area contributed by atoms with Gasteiger partial charge < -0.3 is 10.5 Å². The van der Waals surface area contributed by atoms with Gasteiger partial charge in [-0.1, -0.05) is 18.2 Å². The summed E-state index contributed by atoms with van der Waals surface area (Å²) in [5.41, 5.74) is 7.69. The SMILES string of the molecule is C=C(C)/C(C)=C/C=C(\C)OC(C)CCN. The van der Waals surface area contributed by atoms with E-state index in [1.807, 2.05) is 39.8 Å². The molecule has 2 nitrogen and oxygen atoms in total. The molecule has 0 fully saturated rings. The van der Waals surface area contributed by atoms with E-state index in [9.17, 15) is 0 Å². The highest BCUT2D eigenvalue weighted by atomic mass is 16.5. The summed E-state index contributed by atoms with van der Waals surface area (Å²) in [4.78, 5) is 0. The Kier molecular flexibility index (Phi) is 6.80. The van der Waals surface area contributed by atoms with Crippen LogP contribution in [-0.4, -0.2) is 12.6 Å². The molecule has 1 unspecified atom stereocenters. The fraction of sp³-hybridized carbons (Fsp3) is 0.538. The normalized spacial score (nSPS) is 15.0. The van der Waals surface area contributed by atoms with Crippen LogP contribution in [0.1, 0.15) is 34.1 Å². The third-order valence-corrected chi connectivity index (χ3v) is 2.20. The minimum Gasteiger partial charge on any atom is -0.495 e. The monoisotopic (exact) mass is 209 g/mol. The van der Waals surface area contributed by atoms with Crippen LogP contribution in [0.3, 0.4) is 0 Å². The van der Waals surface area contributed by atoms with Gasteiger partial charge in [0.15, 0.2) is 0 Å². The van der Waals surface area contributed by atoms with Crippen molar-refractivity contribution in [1.82, 2.24) is 0 Å². The molecule has 0 aromatic rings. The van der Waals surface area contributed by atoms with E-state index in [0.717, 1.165) is 17.8 Å². The van der Waals surface area contributed by atoms with E-state index in [1.165, 1.54) is 5.57 Å². The van der Waals surface area contributed by atoms with Crippen molar-refractivity contribution in [2.24, 2.45) is 5.73 Å². The number of nitrogens with two attached hydrogens (primary N) is 1. The van der Waals surface area contributed by atoms with Gasteiger partial charge in [0.1, 0.15) is 0 Å². The molecule has 0 spiro atoms. The van der Waals surface area contributed by atoms with Crippen LogP contribution in [0.5, 0.6) is 0 Å². The average Bonchev–Trinajstić information content (AvgIpc) is 2.14. The second-order valence-corrected chi connectivity index (χ2v) is 3.91. The Morgan fingerprint density at radius 3 is 2.40 bits per heavy atom. The molecule has 0 aromatic heterocycles. The second kappa shape index (κ2) is 7.30. The molecule has 0 aliphatic rings. The van der Waals surface area contributed by atoms with Crippen LogP contribution in [0.4, 0.5) is 0 Å². The van der Waals surface area contributed by atoms with Gasteiger partial charge >= 0.3 is 0 Å². The molecule has 0 bridgehead atoms. The molecular weight excluding hydrogens is 186 g/mol. The third-order valence-electron chi connectivity index (χ3n) is 2.20. The van der Waals surface area contributed by atoms with Crippen molar-refractivity contribution in [3.8, 4) is 0 Å². The maximum atomic E-state index is 5.63. The molecule has 0 saturated heterocycles. The van der Waals surface area contributed by atoms with Crippen LogP contribution >= 0.6 is 0 Å². The summed E-state index contributed by atoms with van der Waals surface area (Å²) in [6, 6.07) is 0. The van der Waals surface area contributed by atoms with Crippen LogP contribution in [-0.2, 0) is 4.74 Å². The predicted octanol–water partition coefficient (Wildman–Crippen LogP) is 3.17. The average molecular weight is 209 g/mol. The third kappa shape index (κ3) is 6.97. The van der Waals surface area contributed by atoms with Gasteiger partial charge in [-0.3, -0.25) is 0 Å². The van der Waals surface area contributed by atoms with Gasteiger partial charge in [0.2, 0.25) is 0 Å². The van der Waals surface area contributed by atoms with Gasteiger partial charge in [-0.25, -0.2) is 0 Å². The largest absolute Gasteiger partial charge is 0.495 e. The molecule has 2 heteroatoms. The smallest absolute Gasteiger partial charge is 0.0966 e. The molecule has 0 heterocycles. The topological polar surface area (TPSA) is 35.2 Å². The Balaban J connectivity index is 4.20. The van der Waals surface area contributed by atoms with E-state index in [4.69, 9.17) is 10.5 Å². The van der Waals surface area contributed by atoms with E-state index < -0.39 is 0 Å². The summed E-state index contributed by atoms with van der Waals surface area (Å²) in [5, 5.41) is 0. The molecule has 0 aliphatic carbocycles. The Labute approximate surface area is 93.5 Å². The van der Waals surface area contributed by atoms with Crippen molar-refractivity contribution >= 4 is 0 Å². The van der Waals surface area contributed by atoms with Crippen molar-refractivity contribution in [1.29, 1.82) is 0 Å². The van der Waals surface area contributed by atoms with E-state index in [1.54, 1.807) is 0 Å². The maximum Gasteiger partial charge on any atom is 0.0966 e. The fourth-order valence-corrected chi connectivity index (χ4v) is 1.03. The summed E-state index contributed by atoms with van der Waals surface area (Å²) in [6.45, 7) is 12.5. The van der Waals surface area contributed by atoms with Gasteiger partial charge in [0.25, 0.3) is 0 Å². The van der Waals surface area contributed by atoms with Gasteiger partial charge in [-0.2, -0.15) is 0 Å². The molecule has 15 heavy (non-hydrogen) atoms. The molecule has 0 aromatic carbocycles. The van der Waals surface area contributed by atoms with Crippen molar-refractivity contribution in [3.05, 3.63) is 35.6 Å². The summed E-state index contributed by atoms with van der Waals surface area (Å²) >= 11 is 0. The summed E-state index contributed by atoms with van der Waals surface area (Å²) in [6.07, 6.45) is 5.06. The number of ether oxygens (including phenoxy) is 1. The zero-order valence-electron chi connectivity index (χ0n) is 10.3. The number of hydrogen-bond acceptors (Lipinski definition) is 2. The number of hydrogen-bond donors (Lipinski definition) is 1. The molecular formula is C13H23NO. The van der Waals surface area contributed by atoms with E-state index in [0.29, 0.717) is 6.54 Å². The zero-order valence-corrected chi connectivity index (χ0v) is 10.3. The number of allylic oxidation sites excluding steroid dienone is 5. The minimum absolute atomic E-state index is 0.185. The lowest BCUT2D eigenvalue weighted by Gasteiger charge is -2.13. The standard InChI is InChI=1S/C13H23NO/c1-10(2)11(3)6-7-12(4)15-13(5)8-9-14/h6-7,13H,1,8-9,14H2,2-5H3/b11-6+,12-7+. The zero-order chi connectivity index (χ0) is 11.8. The van der Waals surface area contributed by atoms with Crippen molar-refractivity contribution in [3.63, 3.8) is 0 Å². The molecule has 2 N–H and O–H groups in total. The minimum atomic E-state index is 0.185. The summed E-state index contributed by atoms with van der Waals surface area (Å²) < 4.78 is 5.63. The van der Waals surface area contributed by atoms with Crippen LogP contribution in [0.25, 0.3) is 0 Å². The molecule has 0 amide bonds. The van der Waals surface area contributed by atoms with E-state index >= 15 is 0 Å². The highest BCUT2D eigenvalue weighted by Crippen LogP contribution is 2.08. The first-order valence-electron chi connectivity index (χ1n) is 5.35. The predicted molar refractivity (Wildman–Crippen MR) is 66.5 cm³/mol. The van der Waals surface area contributed by atoms with E-state index in [-0.39, 0.29) is 6.10 Å². The highest BCUT2D eigenvalue weighted by Gasteiger charge is 2.00. The first-order valence-corrected chi connectivity index (χ1v) is 5.35. The molecule has 0 radical (unpaired) electrons.